The Kier molecular flexibility index (Phi) is 8.10. The minimum Gasteiger partial charge on any atom is -0.564 e. The zero-order valence-electron chi connectivity index (χ0n) is 20.3. The second-order valence-corrected chi connectivity index (χ2v) is 10.1. The van der Waals surface area contributed by atoms with Crippen LogP contribution >= 0.6 is 0 Å². The Bertz CT molecular complexity index is 1570. The van der Waals surface area contributed by atoms with Gasteiger partial charge in [0.15, 0.2) is 15.6 Å². The van der Waals surface area contributed by atoms with E-state index in [-0.39, 0.29) is 53.3 Å². The smallest absolute Gasteiger partial charge is 0.564 e. The van der Waals surface area contributed by atoms with E-state index < -0.39 is 10.2 Å². The van der Waals surface area contributed by atoms with Crippen molar-refractivity contribution in [2.45, 2.75) is 6.10 Å². The zero-order chi connectivity index (χ0) is 24.6. The summed E-state index contributed by atoms with van der Waals surface area (Å²) in [4.78, 5) is 18.0. The number of hydrogen-bond donors (Lipinski definition) is 0. The largest absolute Gasteiger partial charge is 1.00 e. The van der Waals surface area contributed by atoms with Crippen LogP contribution in [0.1, 0.15) is 0 Å². The van der Waals surface area contributed by atoms with E-state index in [1.54, 1.807) is 47.4 Å². The number of rotatable bonds is 6. The molecule has 1 saturated heterocycles. The van der Waals surface area contributed by atoms with Crippen molar-refractivity contribution in [3.63, 3.8) is 0 Å². The summed E-state index contributed by atoms with van der Waals surface area (Å²) in [6.45, 7) is 1.37. The van der Waals surface area contributed by atoms with Crippen LogP contribution in [-0.4, -0.2) is 67.0 Å². The van der Waals surface area contributed by atoms with Crippen molar-refractivity contribution in [1.29, 1.82) is 0 Å². The van der Waals surface area contributed by atoms with Crippen LogP contribution in [0.25, 0.3) is 37.5 Å². The first-order valence-corrected chi connectivity index (χ1v) is 12.4. The fraction of sp³-hybridized carbons (Fsp3) is 0.292. The van der Waals surface area contributed by atoms with Gasteiger partial charge < -0.3 is 14.2 Å². The number of hydrogen-bond acceptors (Lipinski definition) is 7. The minimum atomic E-state index is -3.99. The quantitative estimate of drug-likeness (QED) is 0.324. The molecule has 0 N–H and O–H groups in total. The van der Waals surface area contributed by atoms with Crippen molar-refractivity contribution >= 4 is 37.6 Å². The van der Waals surface area contributed by atoms with Crippen LogP contribution < -0.4 is 35.0 Å². The second kappa shape index (κ2) is 10.9. The van der Waals surface area contributed by atoms with Crippen molar-refractivity contribution in [2.24, 2.45) is 7.05 Å². The maximum absolute atomic E-state index is 13.5. The first-order valence-electron chi connectivity index (χ1n) is 11.0. The number of fused-ring (bicyclic) bond motifs is 2. The molecule has 0 amide bonds. The summed E-state index contributed by atoms with van der Waals surface area (Å²) < 4.78 is 43.3. The van der Waals surface area contributed by atoms with Gasteiger partial charge in [0.1, 0.15) is 0 Å². The molecular weight excluding hydrogens is 493 g/mol. The van der Waals surface area contributed by atoms with E-state index in [1.807, 2.05) is 13.2 Å². The Balaban J connectivity index is 0.00000304. The molecule has 5 rings (SSSR count). The predicted molar refractivity (Wildman–Crippen MR) is 133 cm³/mol. The predicted octanol–water partition coefficient (Wildman–Crippen LogP) is -0.250. The summed E-state index contributed by atoms with van der Waals surface area (Å²) in [6.07, 6.45) is 4.90. The average molecular weight is 518 g/mol. The number of ether oxygens (including phenoxy) is 2. The number of nitrogens with zero attached hydrogens (tertiary/aromatic N) is 5. The third-order valence-corrected chi connectivity index (χ3v) is 7.24. The molecule has 0 saturated carbocycles. The molecule has 0 radical (unpaired) electrons. The van der Waals surface area contributed by atoms with Crippen LogP contribution in [0, 0.1) is 0 Å². The molecule has 12 heteroatoms. The molecule has 10 nitrogen and oxygen atoms in total. The molecule has 2 aromatic heterocycles. The van der Waals surface area contributed by atoms with Gasteiger partial charge in [-0.2, -0.15) is 5.10 Å². The molecule has 3 heterocycles. The Hall–Kier alpha value is -2.38. The van der Waals surface area contributed by atoms with Gasteiger partial charge in [-0.05, 0) is 17.5 Å². The summed E-state index contributed by atoms with van der Waals surface area (Å²) in [7, 11) is -0.738. The number of pyridine rings is 1. The minimum absolute atomic E-state index is 0. The second-order valence-electron chi connectivity index (χ2n) is 8.41. The number of aromatic nitrogens is 3. The van der Waals surface area contributed by atoms with Gasteiger partial charge in [-0.3, -0.25) is 14.5 Å². The maximum atomic E-state index is 13.5. The molecule has 0 spiro atoms. The van der Waals surface area contributed by atoms with Gasteiger partial charge in [0.05, 0.1) is 37.6 Å². The van der Waals surface area contributed by atoms with Crippen molar-refractivity contribution in [1.82, 2.24) is 19.1 Å². The van der Waals surface area contributed by atoms with Crippen molar-refractivity contribution < 1.29 is 47.4 Å². The summed E-state index contributed by atoms with van der Waals surface area (Å²) in [5.74, 6) is 0. The molecule has 1 aliphatic heterocycles. The Morgan fingerprint density at radius 3 is 2.64 bits per heavy atom. The molecule has 0 bridgehead atoms. The van der Waals surface area contributed by atoms with E-state index in [0.717, 1.165) is 15.4 Å². The number of likely N-dealkylation sites (N-methyl/N-ethyl adjacent to an activating group) is 1. The summed E-state index contributed by atoms with van der Waals surface area (Å²) in [5, 5.41) is 5.62. The van der Waals surface area contributed by atoms with Crippen LogP contribution in [0.4, 0.5) is 5.69 Å². The SMILES string of the molecule is CN(C[C@@H]1COCCO1)S(=O)(=O)[N-]c1ccc2ccc3ncc(-c4cnn(C)c4)cc3c(=O)c2c1.[Na+]. The van der Waals surface area contributed by atoms with Crippen LogP contribution in [0.5, 0.6) is 0 Å². The summed E-state index contributed by atoms with van der Waals surface area (Å²) in [5.41, 5.74) is 2.06. The molecule has 1 atom stereocenters. The van der Waals surface area contributed by atoms with E-state index in [9.17, 15) is 13.2 Å². The maximum Gasteiger partial charge on any atom is 1.00 e. The molecule has 182 valence electrons. The van der Waals surface area contributed by atoms with Gasteiger partial charge >= 0.3 is 29.6 Å². The zero-order valence-corrected chi connectivity index (χ0v) is 23.1. The van der Waals surface area contributed by atoms with E-state index in [1.165, 1.54) is 13.1 Å². The Morgan fingerprint density at radius 2 is 1.92 bits per heavy atom. The van der Waals surface area contributed by atoms with E-state index in [0.29, 0.717) is 41.5 Å². The fourth-order valence-electron chi connectivity index (χ4n) is 4.00. The third kappa shape index (κ3) is 5.62. The summed E-state index contributed by atoms with van der Waals surface area (Å²) >= 11 is 0. The number of benzene rings is 1. The Morgan fingerprint density at radius 1 is 1.11 bits per heavy atom. The van der Waals surface area contributed by atoms with Crippen LogP contribution in [0.2, 0.25) is 0 Å². The topological polar surface area (TPSA) is 118 Å². The van der Waals surface area contributed by atoms with E-state index in [2.05, 4.69) is 14.8 Å². The standard InChI is InChI=1S/C24H25N5O5S.Na/c1-28-13-18(12-26-28)17-9-22-23(25-11-17)6-4-16-3-5-19(10-21(16)24(22)30)27-35(31,32)29(2)14-20-15-33-7-8-34-20;/h3-6,9-13,20H,7-8,14-15H2,1-2H3,(H,25,27,30);/q;+1/p-1/t20-;/m1./s1. The van der Waals surface area contributed by atoms with Crippen LogP contribution in [0.15, 0.2) is 59.8 Å². The molecule has 0 unspecified atom stereocenters. The van der Waals surface area contributed by atoms with Crippen molar-refractivity contribution in [2.75, 3.05) is 33.4 Å². The van der Waals surface area contributed by atoms with E-state index in [4.69, 9.17) is 9.47 Å². The van der Waals surface area contributed by atoms with Gasteiger partial charge in [-0.15, -0.1) is 5.69 Å². The van der Waals surface area contributed by atoms with Gasteiger partial charge in [-0.1, -0.05) is 24.3 Å². The Labute approximate surface area is 230 Å². The van der Waals surface area contributed by atoms with Crippen molar-refractivity contribution in [3.8, 4) is 11.1 Å². The summed E-state index contributed by atoms with van der Waals surface area (Å²) in [6, 6.07) is 10.1. The molecule has 0 aliphatic carbocycles. The number of aryl methyl sites for hydroxylation is 1. The molecule has 36 heavy (non-hydrogen) atoms. The third-order valence-electron chi connectivity index (χ3n) is 5.86. The van der Waals surface area contributed by atoms with Gasteiger partial charge in [0.25, 0.3) is 0 Å². The first kappa shape index (κ1) is 26.7. The fourth-order valence-corrected chi connectivity index (χ4v) is 4.87. The monoisotopic (exact) mass is 517 g/mol. The van der Waals surface area contributed by atoms with Crippen LogP contribution in [-0.2, 0) is 26.7 Å². The molecule has 2 aromatic carbocycles. The van der Waals surface area contributed by atoms with E-state index >= 15 is 0 Å². The molecule has 1 fully saturated rings. The normalized spacial score (nSPS) is 16.2. The van der Waals surface area contributed by atoms with Gasteiger partial charge in [0, 0.05) is 54.9 Å². The van der Waals surface area contributed by atoms with Gasteiger partial charge in [0.2, 0.25) is 0 Å². The molecule has 1 aliphatic rings. The first-order chi connectivity index (χ1) is 16.8. The van der Waals surface area contributed by atoms with Crippen LogP contribution in [0.3, 0.4) is 0 Å². The van der Waals surface area contributed by atoms with Gasteiger partial charge in [-0.25, -0.2) is 12.7 Å². The average Bonchev–Trinajstić information content (AvgIpc) is 3.23. The molecular formula is C24H24N5NaO5S. The van der Waals surface area contributed by atoms with Crippen molar-refractivity contribution in [3.05, 3.63) is 69.9 Å². The molecule has 4 aromatic rings.